The number of nitrogens with one attached hydrogen (secondary N) is 4. The first-order valence-corrected chi connectivity index (χ1v) is 34.4. The van der Waals surface area contributed by atoms with Crippen molar-refractivity contribution in [1.82, 2.24) is 55.6 Å². The van der Waals surface area contributed by atoms with Gasteiger partial charge in [-0.25, -0.2) is 4.39 Å². The standard InChI is InChI=1S/C67H112ClF4N11O11/c1-39(2)30-50-61(90)80(13)42(7)33-55(85)81(14)52(32-41(5)6)60(89)76-58(45-20-18-17-19-21-45)64(93)79(12)37-56(86)77(10)38-57(87)82(15)53(35-44-22-26-46(68)27-23-44)63(92)78(11)36-54(84)73-49(29-25-43-24-28-47(48(69)34-43)67(70,71)72)59(88)74-51(31-40(3)4)62(91)83(16)66(8,9)65(94)75-50/h39-53,58H,17-38H2,1-16H3,(H,73,84)(H,74,88)(H,75,94)(H,76,89)/t42-,43?,44?,46?,47?,48?,49+,50+,51+,52+,53+,58+/m1/s1. The third-order valence-electron chi connectivity index (χ3n) is 20.0. The van der Waals surface area contributed by atoms with Gasteiger partial charge in [0.05, 0.1) is 25.6 Å². The molecule has 0 spiro atoms. The highest BCUT2D eigenvalue weighted by atomic mass is 35.5. The Morgan fingerprint density at radius 3 is 1.62 bits per heavy atom. The number of nitrogens with zero attached hydrogens (tertiary/aromatic N) is 7. The highest BCUT2D eigenvalue weighted by molar-refractivity contribution is 6.20. The molecule has 0 aromatic rings. The molecule has 3 aliphatic carbocycles. The Balaban J connectivity index is 1.81. The van der Waals surface area contributed by atoms with E-state index in [1.54, 1.807) is 20.8 Å². The van der Waals surface area contributed by atoms with E-state index in [0.29, 0.717) is 38.5 Å². The highest BCUT2D eigenvalue weighted by Gasteiger charge is 2.49. The van der Waals surface area contributed by atoms with Gasteiger partial charge in [-0.1, -0.05) is 60.8 Å². The molecule has 0 radical (unpaired) electrons. The zero-order valence-electron chi connectivity index (χ0n) is 58.8. The fourth-order valence-corrected chi connectivity index (χ4v) is 13.7. The van der Waals surface area contributed by atoms with Gasteiger partial charge in [-0.15, -0.1) is 11.6 Å². The lowest BCUT2D eigenvalue weighted by atomic mass is 9.78. The molecule has 0 bridgehead atoms. The van der Waals surface area contributed by atoms with E-state index in [1.807, 2.05) is 27.7 Å². The van der Waals surface area contributed by atoms with Crippen LogP contribution in [0.15, 0.2) is 0 Å². The van der Waals surface area contributed by atoms with Crippen LogP contribution in [0.5, 0.6) is 0 Å². The minimum absolute atomic E-state index is 0.00729. The second kappa shape index (κ2) is 36.0. The minimum Gasteiger partial charge on any atom is -0.343 e. The number of rotatable bonds is 12. The minimum atomic E-state index is -4.75. The molecule has 3 saturated carbocycles. The molecule has 22 nitrogen and oxygen atoms in total. The molecule has 1 aliphatic heterocycles. The predicted molar refractivity (Wildman–Crippen MR) is 350 cm³/mol. The van der Waals surface area contributed by atoms with Crippen LogP contribution < -0.4 is 21.3 Å². The lowest BCUT2D eigenvalue weighted by Crippen LogP contribution is -2.63. The molecule has 0 aromatic carbocycles. The third-order valence-corrected chi connectivity index (χ3v) is 20.4. The number of hydrogen-bond donors (Lipinski definition) is 4. The maximum Gasteiger partial charge on any atom is 0.394 e. The van der Waals surface area contributed by atoms with Gasteiger partial charge < -0.3 is 55.6 Å². The molecule has 94 heavy (non-hydrogen) atoms. The smallest absolute Gasteiger partial charge is 0.343 e. The van der Waals surface area contributed by atoms with Crippen molar-refractivity contribution in [1.29, 1.82) is 0 Å². The van der Waals surface area contributed by atoms with Gasteiger partial charge in [0, 0.05) is 67.2 Å². The van der Waals surface area contributed by atoms with Gasteiger partial charge in [0.15, 0.2) is 0 Å². The summed E-state index contributed by atoms with van der Waals surface area (Å²) in [6.07, 6.45) is -1.53. The summed E-state index contributed by atoms with van der Waals surface area (Å²) in [6.45, 7) is 14.0. The van der Waals surface area contributed by atoms with Gasteiger partial charge in [0.25, 0.3) is 0 Å². The van der Waals surface area contributed by atoms with Crippen molar-refractivity contribution in [3.63, 3.8) is 0 Å². The fourth-order valence-electron chi connectivity index (χ4n) is 13.4. The first kappa shape index (κ1) is 80.6. The largest absolute Gasteiger partial charge is 0.394 e. The van der Waals surface area contributed by atoms with Crippen LogP contribution in [0.4, 0.5) is 17.6 Å². The van der Waals surface area contributed by atoms with Crippen molar-refractivity contribution in [2.75, 3.05) is 69.0 Å². The van der Waals surface area contributed by atoms with Crippen molar-refractivity contribution in [3.8, 4) is 0 Å². The summed E-state index contributed by atoms with van der Waals surface area (Å²) in [5.74, 6) is -11.0. The monoisotopic (exact) mass is 1360 g/mol. The highest BCUT2D eigenvalue weighted by Crippen LogP contribution is 2.43. The number of likely N-dealkylation sites (N-methyl/N-ethyl adjacent to an activating group) is 7. The van der Waals surface area contributed by atoms with Crippen LogP contribution >= 0.6 is 11.6 Å². The summed E-state index contributed by atoms with van der Waals surface area (Å²) >= 11 is 6.48. The quantitative estimate of drug-likeness (QED) is 0.122. The number of carbonyl (C=O) groups excluding carboxylic acids is 11. The number of carbonyl (C=O) groups is 11. The number of alkyl halides is 5. The van der Waals surface area contributed by atoms with Crippen LogP contribution in [-0.2, 0) is 52.7 Å². The molecule has 4 rings (SSSR count). The van der Waals surface area contributed by atoms with Crippen LogP contribution in [0.1, 0.15) is 184 Å². The van der Waals surface area contributed by atoms with Gasteiger partial charge in [0.1, 0.15) is 48.0 Å². The lowest BCUT2D eigenvalue weighted by Gasteiger charge is -2.39. The Bertz CT molecular complexity index is 2620. The van der Waals surface area contributed by atoms with Crippen LogP contribution in [0.2, 0.25) is 0 Å². The molecule has 4 fully saturated rings. The molecule has 1 heterocycles. The Morgan fingerprint density at radius 2 is 1.06 bits per heavy atom. The van der Waals surface area contributed by atoms with Crippen LogP contribution in [-0.4, -0.2) is 234 Å². The number of amides is 11. The summed E-state index contributed by atoms with van der Waals surface area (Å²) in [5, 5.41) is 11.2. The summed E-state index contributed by atoms with van der Waals surface area (Å²) in [7, 11) is 9.92. The van der Waals surface area contributed by atoms with E-state index in [9.17, 15) is 65.9 Å². The fraction of sp³-hybridized carbons (Fsp3) is 0.836. The molecule has 3 unspecified atom stereocenters. The van der Waals surface area contributed by atoms with Crippen molar-refractivity contribution in [2.24, 2.45) is 41.4 Å². The van der Waals surface area contributed by atoms with Crippen LogP contribution in [0, 0.1) is 41.4 Å². The Labute approximate surface area is 560 Å². The lowest BCUT2D eigenvalue weighted by molar-refractivity contribution is -0.201. The van der Waals surface area contributed by atoms with E-state index in [0.717, 1.165) is 34.0 Å². The molecule has 27 heteroatoms. The van der Waals surface area contributed by atoms with Gasteiger partial charge in [-0.3, -0.25) is 52.7 Å². The summed E-state index contributed by atoms with van der Waals surface area (Å²) < 4.78 is 56.5. The van der Waals surface area contributed by atoms with Crippen molar-refractivity contribution in [2.45, 2.75) is 250 Å². The first-order valence-electron chi connectivity index (χ1n) is 34.0. The zero-order chi connectivity index (χ0) is 71.0. The van der Waals surface area contributed by atoms with E-state index < -0.39 is 169 Å². The molecule has 536 valence electrons. The maximum atomic E-state index is 15.2. The summed E-state index contributed by atoms with van der Waals surface area (Å²) in [6, 6.07) is -8.08. The Kier molecular flexibility index (Phi) is 30.8. The van der Waals surface area contributed by atoms with Gasteiger partial charge in [0.2, 0.25) is 65.0 Å². The van der Waals surface area contributed by atoms with Gasteiger partial charge in [-0.2, -0.15) is 13.2 Å². The first-order chi connectivity index (χ1) is 43.7. The van der Waals surface area contributed by atoms with Crippen LogP contribution in [0.3, 0.4) is 0 Å². The molecular weight excluding hydrogens is 1250 g/mol. The third kappa shape index (κ3) is 23.2. The topological polar surface area (TPSA) is 259 Å². The van der Waals surface area contributed by atoms with E-state index in [1.165, 1.54) is 82.8 Å². The van der Waals surface area contributed by atoms with Gasteiger partial charge in [-0.05, 0) is 153 Å². The second-order valence-corrected chi connectivity index (χ2v) is 30.0. The maximum absolute atomic E-state index is 15.2. The Morgan fingerprint density at radius 1 is 0.532 bits per heavy atom. The average molecular weight is 1360 g/mol. The van der Waals surface area contributed by atoms with Crippen molar-refractivity contribution in [3.05, 3.63) is 0 Å². The van der Waals surface area contributed by atoms with E-state index in [4.69, 9.17) is 11.6 Å². The molecule has 0 aromatic heterocycles. The predicted octanol–water partition coefficient (Wildman–Crippen LogP) is 6.45. The van der Waals surface area contributed by atoms with E-state index >= 15 is 4.39 Å². The molecule has 4 N–H and O–H groups in total. The Hall–Kier alpha value is -5.82. The van der Waals surface area contributed by atoms with E-state index in [-0.39, 0.29) is 86.3 Å². The van der Waals surface area contributed by atoms with Crippen LogP contribution in [0.25, 0.3) is 0 Å². The van der Waals surface area contributed by atoms with Crippen molar-refractivity contribution >= 4 is 76.6 Å². The zero-order valence-corrected chi connectivity index (χ0v) is 59.6. The average Bonchev–Trinajstić information content (AvgIpc) is 0.835. The summed E-state index contributed by atoms with van der Waals surface area (Å²) in [5.41, 5.74) is -1.70. The van der Waals surface area contributed by atoms with E-state index in [2.05, 4.69) is 21.3 Å². The molecule has 11 amide bonds. The molecule has 10 atom stereocenters. The summed E-state index contributed by atoms with van der Waals surface area (Å²) in [4.78, 5) is 169. The normalized spacial score (nSPS) is 30.1. The van der Waals surface area contributed by atoms with Crippen molar-refractivity contribution < 1.29 is 70.3 Å². The number of hydrogen-bond acceptors (Lipinski definition) is 11. The number of halogens is 5. The molecule has 4 aliphatic rings. The molecular formula is C67H112ClF4N11O11. The SMILES string of the molecule is CC(C)C[C@@H]1NC(=O)C(C)(C)N(C)C(=O)[C@H](CC(C)C)NC(=O)[C@H](CCC2CCC(C(F)(F)F)C(F)C2)NC(=O)CN(C)C(=O)[C@H](CC2CCC(Cl)CC2)N(C)C(=O)CN(C)C(=O)CN(C)C(=O)[C@H](C2CCCCC2)NC(=O)[C@H](CC(C)C)N(C)C(=O)C[C@@H](C)N(C)C1=O. The molecule has 1 saturated heterocycles. The van der Waals surface area contributed by atoms with Gasteiger partial charge >= 0.3 is 6.18 Å². The second-order valence-electron chi connectivity index (χ2n) is 29.4.